The van der Waals surface area contributed by atoms with Gasteiger partial charge in [-0.2, -0.15) is 11.8 Å². The van der Waals surface area contributed by atoms with Crippen LogP contribution in [-0.4, -0.2) is 28.5 Å². The Labute approximate surface area is 81.9 Å². The van der Waals surface area contributed by atoms with Crippen LogP contribution < -0.4 is 5.73 Å². The van der Waals surface area contributed by atoms with Crippen LogP contribution in [0.5, 0.6) is 0 Å². The van der Waals surface area contributed by atoms with Crippen LogP contribution in [0.4, 0.5) is 0 Å². The molecule has 4 nitrogen and oxygen atoms in total. The topological polar surface area (TPSA) is 80.4 Å². The highest BCUT2D eigenvalue weighted by molar-refractivity contribution is 7.99. The van der Waals surface area contributed by atoms with E-state index in [9.17, 15) is 9.59 Å². The number of carbonyl (C=O) groups is 2. The Morgan fingerprint density at radius 3 is 2.15 bits per heavy atom. The first-order chi connectivity index (χ1) is 6.13. The third-order valence-electron chi connectivity index (χ3n) is 1.39. The molecule has 0 aliphatic rings. The first-order valence-corrected chi connectivity index (χ1v) is 5.36. The molecule has 76 valence electrons. The minimum Gasteiger partial charge on any atom is -0.481 e. The Kier molecular flexibility index (Phi) is 7.48. The first kappa shape index (κ1) is 12.3. The minimum atomic E-state index is -0.752. The summed E-state index contributed by atoms with van der Waals surface area (Å²) in [7, 11) is 0. The number of rotatable bonds is 8. The van der Waals surface area contributed by atoms with Crippen molar-refractivity contribution >= 4 is 23.6 Å². The summed E-state index contributed by atoms with van der Waals surface area (Å²) >= 11 is 1.67. The fraction of sp³-hybridized carbons (Fsp3) is 0.750. The lowest BCUT2D eigenvalue weighted by atomic mass is 10.3. The average Bonchev–Trinajstić information content (AvgIpc) is 2.01. The molecule has 0 atom stereocenters. The number of primary amides is 1. The maximum absolute atomic E-state index is 10.3. The molecule has 1 amide bonds. The van der Waals surface area contributed by atoms with Gasteiger partial charge >= 0.3 is 5.97 Å². The van der Waals surface area contributed by atoms with Crippen LogP contribution in [0, 0.1) is 0 Å². The molecule has 0 radical (unpaired) electrons. The van der Waals surface area contributed by atoms with Gasteiger partial charge in [0.05, 0.1) is 0 Å². The quantitative estimate of drug-likeness (QED) is 0.576. The summed E-state index contributed by atoms with van der Waals surface area (Å²) in [5.41, 5.74) is 4.95. The molecule has 0 heterocycles. The highest BCUT2D eigenvalue weighted by Crippen LogP contribution is 2.07. The second-order valence-electron chi connectivity index (χ2n) is 2.68. The van der Waals surface area contributed by atoms with E-state index in [2.05, 4.69) is 0 Å². The number of carbonyl (C=O) groups excluding carboxylic acids is 1. The smallest absolute Gasteiger partial charge is 0.303 e. The number of aliphatic carboxylic acids is 1. The maximum Gasteiger partial charge on any atom is 0.303 e. The zero-order valence-electron chi connectivity index (χ0n) is 7.49. The number of nitrogens with two attached hydrogens (primary N) is 1. The highest BCUT2D eigenvalue weighted by atomic mass is 32.2. The van der Waals surface area contributed by atoms with E-state index in [1.54, 1.807) is 11.8 Å². The minimum absolute atomic E-state index is 0.225. The van der Waals surface area contributed by atoms with E-state index in [-0.39, 0.29) is 12.3 Å². The summed E-state index contributed by atoms with van der Waals surface area (Å²) in [5.74, 6) is 0.692. The average molecular weight is 205 g/mol. The molecule has 0 aromatic heterocycles. The van der Waals surface area contributed by atoms with Gasteiger partial charge < -0.3 is 10.8 Å². The lowest BCUT2D eigenvalue weighted by Gasteiger charge is -1.98. The Bertz CT molecular complexity index is 155. The standard InChI is InChI=1S/C8H15NO3S/c9-7(10)3-1-5-13-6-2-4-8(11)12/h1-6H2,(H2,9,10)(H,11,12). The van der Waals surface area contributed by atoms with Crippen molar-refractivity contribution in [2.24, 2.45) is 5.73 Å². The van der Waals surface area contributed by atoms with Crippen molar-refractivity contribution < 1.29 is 14.7 Å². The lowest BCUT2D eigenvalue weighted by molar-refractivity contribution is -0.137. The first-order valence-electron chi connectivity index (χ1n) is 4.20. The van der Waals surface area contributed by atoms with Crippen LogP contribution in [-0.2, 0) is 9.59 Å². The van der Waals surface area contributed by atoms with Gasteiger partial charge in [-0.05, 0) is 24.3 Å². The molecule has 5 heteroatoms. The molecular formula is C8H15NO3S. The molecule has 0 saturated carbocycles. The number of thioether (sulfide) groups is 1. The van der Waals surface area contributed by atoms with E-state index in [0.29, 0.717) is 12.8 Å². The van der Waals surface area contributed by atoms with Crippen LogP contribution >= 0.6 is 11.8 Å². The predicted octanol–water partition coefficient (Wildman–Crippen LogP) is 0.850. The van der Waals surface area contributed by atoms with Crippen LogP contribution in [0.25, 0.3) is 0 Å². The summed E-state index contributed by atoms with van der Waals surface area (Å²) < 4.78 is 0. The van der Waals surface area contributed by atoms with Crippen molar-refractivity contribution in [3.63, 3.8) is 0 Å². The maximum atomic E-state index is 10.3. The molecule has 0 fully saturated rings. The van der Waals surface area contributed by atoms with Gasteiger partial charge in [0.2, 0.25) is 5.91 Å². The summed E-state index contributed by atoms with van der Waals surface area (Å²) in [6.07, 6.45) is 2.12. The van der Waals surface area contributed by atoms with Gasteiger partial charge in [0, 0.05) is 12.8 Å². The van der Waals surface area contributed by atoms with Crippen molar-refractivity contribution in [3.8, 4) is 0 Å². The molecule has 0 bridgehead atoms. The van der Waals surface area contributed by atoms with E-state index < -0.39 is 5.97 Å². The Hall–Kier alpha value is -0.710. The normalized spacial score (nSPS) is 9.85. The van der Waals surface area contributed by atoms with Gasteiger partial charge in [-0.15, -0.1) is 0 Å². The zero-order chi connectivity index (χ0) is 10.1. The van der Waals surface area contributed by atoms with Gasteiger partial charge in [0.15, 0.2) is 0 Å². The number of carboxylic acid groups (broad SMARTS) is 1. The monoisotopic (exact) mass is 205 g/mol. The molecular weight excluding hydrogens is 190 g/mol. The fourth-order valence-corrected chi connectivity index (χ4v) is 1.68. The summed E-state index contributed by atoms with van der Waals surface area (Å²) in [6, 6.07) is 0. The Balaban J connectivity index is 3.00. The SMILES string of the molecule is NC(=O)CCCSCCCC(=O)O. The van der Waals surface area contributed by atoms with Crippen molar-refractivity contribution in [3.05, 3.63) is 0 Å². The van der Waals surface area contributed by atoms with Crippen molar-refractivity contribution in [1.82, 2.24) is 0 Å². The molecule has 3 N–H and O–H groups in total. The van der Waals surface area contributed by atoms with E-state index in [0.717, 1.165) is 17.9 Å². The molecule has 13 heavy (non-hydrogen) atoms. The van der Waals surface area contributed by atoms with Crippen molar-refractivity contribution in [1.29, 1.82) is 0 Å². The van der Waals surface area contributed by atoms with Gasteiger partial charge in [-0.25, -0.2) is 0 Å². The lowest BCUT2D eigenvalue weighted by Crippen LogP contribution is -2.10. The third kappa shape index (κ3) is 11.3. The number of hydrogen-bond donors (Lipinski definition) is 2. The molecule has 0 aliphatic carbocycles. The summed E-state index contributed by atoms with van der Waals surface area (Å²) in [4.78, 5) is 20.4. The largest absolute Gasteiger partial charge is 0.481 e. The van der Waals surface area contributed by atoms with Crippen molar-refractivity contribution in [2.75, 3.05) is 11.5 Å². The molecule has 0 spiro atoms. The zero-order valence-corrected chi connectivity index (χ0v) is 8.31. The van der Waals surface area contributed by atoms with Gasteiger partial charge in [0.1, 0.15) is 0 Å². The third-order valence-corrected chi connectivity index (χ3v) is 2.55. The van der Waals surface area contributed by atoms with E-state index >= 15 is 0 Å². The van der Waals surface area contributed by atoms with E-state index in [1.807, 2.05) is 0 Å². The Morgan fingerprint density at radius 2 is 1.69 bits per heavy atom. The number of amides is 1. The Morgan fingerprint density at radius 1 is 1.15 bits per heavy atom. The predicted molar refractivity (Wildman–Crippen MR) is 52.6 cm³/mol. The van der Waals surface area contributed by atoms with Crippen LogP contribution in [0.1, 0.15) is 25.7 Å². The number of carboxylic acids is 1. The number of hydrogen-bond acceptors (Lipinski definition) is 3. The van der Waals surface area contributed by atoms with Crippen molar-refractivity contribution in [2.45, 2.75) is 25.7 Å². The van der Waals surface area contributed by atoms with Gasteiger partial charge in [-0.1, -0.05) is 0 Å². The molecule has 0 saturated heterocycles. The van der Waals surface area contributed by atoms with Crippen LogP contribution in [0.15, 0.2) is 0 Å². The molecule has 0 aromatic rings. The van der Waals surface area contributed by atoms with Gasteiger partial charge in [0.25, 0.3) is 0 Å². The fourth-order valence-electron chi connectivity index (χ4n) is 0.776. The summed E-state index contributed by atoms with van der Waals surface area (Å²) in [6.45, 7) is 0. The second kappa shape index (κ2) is 7.91. The highest BCUT2D eigenvalue weighted by Gasteiger charge is 1.97. The van der Waals surface area contributed by atoms with Crippen LogP contribution in [0.3, 0.4) is 0 Å². The van der Waals surface area contributed by atoms with E-state index in [1.165, 1.54) is 0 Å². The summed E-state index contributed by atoms with van der Waals surface area (Å²) in [5, 5.41) is 8.32. The molecule has 0 rings (SSSR count). The molecule has 0 unspecified atom stereocenters. The second-order valence-corrected chi connectivity index (χ2v) is 3.90. The van der Waals surface area contributed by atoms with Crippen LogP contribution in [0.2, 0.25) is 0 Å². The molecule has 0 aromatic carbocycles. The molecule has 0 aliphatic heterocycles. The van der Waals surface area contributed by atoms with Gasteiger partial charge in [-0.3, -0.25) is 9.59 Å². The van der Waals surface area contributed by atoms with E-state index in [4.69, 9.17) is 10.8 Å².